The largest absolute Gasteiger partial charge is 0.469 e. The van der Waals surface area contributed by atoms with Crippen molar-refractivity contribution in [1.29, 1.82) is 0 Å². The maximum absolute atomic E-state index is 11.1. The van der Waals surface area contributed by atoms with Crippen LogP contribution in [0.3, 0.4) is 0 Å². The van der Waals surface area contributed by atoms with E-state index in [0.29, 0.717) is 13.0 Å². The lowest BCUT2D eigenvalue weighted by Gasteiger charge is -2.31. The van der Waals surface area contributed by atoms with E-state index in [0.717, 1.165) is 6.54 Å². The number of esters is 1. The summed E-state index contributed by atoms with van der Waals surface area (Å²) in [7, 11) is 3.28. The van der Waals surface area contributed by atoms with Gasteiger partial charge in [0.1, 0.15) is 0 Å². The summed E-state index contributed by atoms with van der Waals surface area (Å²) in [4.78, 5) is 13.1. The molecule has 0 spiro atoms. The Morgan fingerprint density at radius 3 is 2.92 bits per heavy atom. The van der Waals surface area contributed by atoms with Gasteiger partial charge in [-0.05, 0) is 13.5 Å². The van der Waals surface area contributed by atoms with E-state index in [1.165, 1.54) is 7.11 Å². The molecule has 0 aromatic rings. The number of methoxy groups -OCH3 is 1. The van der Waals surface area contributed by atoms with Crippen LogP contribution in [0.4, 0.5) is 0 Å². The summed E-state index contributed by atoms with van der Waals surface area (Å²) in [6.45, 7) is 1.43. The number of ether oxygens (including phenoxy) is 1. The molecule has 1 saturated heterocycles. The summed E-state index contributed by atoms with van der Waals surface area (Å²) in [6, 6.07) is 0. The average Bonchev–Trinajstić information content (AvgIpc) is 2.08. The van der Waals surface area contributed by atoms with Crippen molar-refractivity contribution in [3.63, 3.8) is 0 Å². The second kappa shape index (κ2) is 3.87. The van der Waals surface area contributed by atoms with Crippen molar-refractivity contribution in [1.82, 2.24) is 4.90 Å². The fourth-order valence-electron chi connectivity index (χ4n) is 1.49. The molecule has 0 amide bonds. The molecule has 70 valence electrons. The molecule has 1 rings (SSSR count). The molecule has 1 heterocycles. The zero-order valence-corrected chi connectivity index (χ0v) is 7.49. The summed E-state index contributed by atoms with van der Waals surface area (Å²) in [6.07, 6.45) is 0.115. The third-order valence-corrected chi connectivity index (χ3v) is 2.28. The Morgan fingerprint density at radius 2 is 2.33 bits per heavy atom. The standard InChI is InChI=1S/C8H15NO3/c1-9-4-3-7(10)6(5-9)8(11)12-2/h6-7,10H,3-5H2,1-2H3/t6-,7+/m0/s1. The van der Waals surface area contributed by atoms with Crippen LogP contribution in [-0.4, -0.2) is 49.3 Å². The van der Waals surface area contributed by atoms with Crippen LogP contribution in [0.1, 0.15) is 6.42 Å². The van der Waals surface area contributed by atoms with Gasteiger partial charge in [0.05, 0.1) is 19.1 Å². The first kappa shape index (κ1) is 9.48. The Bertz CT molecular complexity index is 172. The zero-order chi connectivity index (χ0) is 9.14. The van der Waals surface area contributed by atoms with Crippen molar-refractivity contribution in [2.75, 3.05) is 27.2 Å². The number of rotatable bonds is 1. The quantitative estimate of drug-likeness (QED) is 0.542. The normalized spacial score (nSPS) is 31.6. The molecule has 0 aliphatic carbocycles. The maximum Gasteiger partial charge on any atom is 0.312 e. The van der Waals surface area contributed by atoms with Crippen LogP contribution < -0.4 is 0 Å². The molecule has 1 N–H and O–H groups in total. The molecule has 1 aliphatic rings. The lowest BCUT2D eigenvalue weighted by Crippen LogP contribution is -2.45. The number of carbonyl (C=O) groups is 1. The highest BCUT2D eigenvalue weighted by Crippen LogP contribution is 2.16. The van der Waals surface area contributed by atoms with Crippen molar-refractivity contribution >= 4 is 5.97 Å². The summed E-state index contributed by atoms with van der Waals surface area (Å²) in [5, 5.41) is 9.46. The van der Waals surface area contributed by atoms with E-state index in [9.17, 15) is 9.90 Å². The predicted molar refractivity (Wildman–Crippen MR) is 43.6 cm³/mol. The minimum absolute atomic E-state index is 0.311. The molecule has 4 nitrogen and oxygen atoms in total. The Kier molecular flexibility index (Phi) is 3.05. The first-order chi connectivity index (χ1) is 5.65. The van der Waals surface area contributed by atoms with Crippen LogP contribution >= 0.6 is 0 Å². The van der Waals surface area contributed by atoms with Crippen LogP contribution in [0.25, 0.3) is 0 Å². The van der Waals surface area contributed by atoms with Gasteiger partial charge in [0.25, 0.3) is 0 Å². The fourth-order valence-corrected chi connectivity index (χ4v) is 1.49. The van der Waals surface area contributed by atoms with Crippen LogP contribution in [0.15, 0.2) is 0 Å². The van der Waals surface area contributed by atoms with E-state index < -0.39 is 6.10 Å². The van der Waals surface area contributed by atoms with E-state index in [1.807, 2.05) is 11.9 Å². The molecule has 4 heteroatoms. The third-order valence-electron chi connectivity index (χ3n) is 2.28. The smallest absolute Gasteiger partial charge is 0.312 e. The first-order valence-corrected chi connectivity index (χ1v) is 4.09. The van der Waals surface area contributed by atoms with Gasteiger partial charge in [-0.2, -0.15) is 0 Å². The van der Waals surface area contributed by atoms with Gasteiger partial charge in [0, 0.05) is 13.1 Å². The molecule has 0 unspecified atom stereocenters. The van der Waals surface area contributed by atoms with Gasteiger partial charge < -0.3 is 14.7 Å². The third kappa shape index (κ3) is 1.95. The van der Waals surface area contributed by atoms with Crippen molar-refractivity contribution < 1.29 is 14.6 Å². The Balaban J connectivity index is 2.54. The minimum Gasteiger partial charge on any atom is -0.469 e. The van der Waals surface area contributed by atoms with Crippen LogP contribution in [0.5, 0.6) is 0 Å². The van der Waals surface area contributed by atoms with Gasteiger partial charge >= 0.3 is 5.97 Å². The second-order valence-corrected chi connectivity index (χ2v) is 3.25. The highest BCUT2D eigenvalue weighted by molar-refractivity contribution is 5.73. The lowest BCUT2D eigenvalue weighted by atomic mass is 9.95. The topological polar surface area (TPSA) is 49.8 Å². The van der Waals surface area contributed by atoms with Gasteiger partial charge in [0.15, 0.2) is 0 Å². The molecule has 0 radical (unpaired) electrons. The summed E-state index contributed by atoms with van der Waals surface area (Å²) in [5.74, 6) is -0.678. The summed E-state index contributed by atoms with van der Waals surface area (Å²) < 4.78 is 4.58. The Labute approximate surface area is 72.1 Å². The highest BCUT2D eigenvalue weighted by Gasteiger charge is 2.32. The number of carbonyl (C=O) groups excluding carboxylic acids is 1. The molecule has 12 heavy (non-hydrogen) atoms. The molecule has 0 saturated carbocycles. The molecular weight excluding hydrogens is 158 g/mol. The van der Waals surface area contributed by atoms with Crippen LogP contribution in [0, 0.1) is 5.92 Å². The molecule has 1 fully saturated rings. The van der Waals surface area contributed by atoms with Gasteiger partial charge in [0.2, 0.25) is 0 Å². The second-order valence-electron chi connectivity index (χ2n) is 3.25. The predicted octanol–water partition coefficient (Wildman–Crippen LogP) is -0.528. The zero-order valence-electron chi connectivity index (χ0n) is 7.49. The average molecular weight is 173 g/mol. The van der Waals surface area contributed by atoms with Crippen molar-refractivity contribution in [3.8, 4) is 0 Å². The molecule has 0 aromatic heterocycles. The monoisotopic (exact) mass is 173 g/mol. The number of nitrogens with zero attached hydrogens (tertiary/aromatic N) is 1. The van der Waals surface area contributed by atoms with E-state index in [4.69, 9.17) is 0 Å². The molecule has 0 bridgehead atoms. The Hall–Kier alpha value is -0.610. The summed E-state index contributed by atoms with van der Waals surface area (Å²) >= 11 is 0. The number of aliphatic hydroxyl groups excluding tert-OH is 1. The number of hydrogen-bond donors (Lipinski definition) is 1. The van der Waals surface area contributed by atoms with Crippen molar-refractivity contribution in [2.24, 2.45) is 5.92 Å². The van der Waals surface area contributed by atoms with Crippen LogP contribution in [0.2, 0.25) is 0 Å². The fraction of sp³-hybridized carbons (Fsp3) is 0.875. The maximum atomic E-state index is 11.1. The molecular formula is C8H15NO3. The van der Waals surface area contributed by atoms with Gasteiger partial charge in [-0.15, -0.1) is 0 Å². The molecule has 0 aromatic carbocycles. The van der Waals surface area contributed by atoms with Gasteiger partial charge in [-0.25, -0.2) is 0 Å². The lowest BCUT2D eigenvalue weighted by molar-refractivity contribution is -0.152. The Morgan fingerprint density at radius 1 is 1.67 bits per heavy atom. The minimum atomic E-state index is -0.534. The van der Waals surface area contributed by atoms with E-state index in [-0.39, 0.29) is 11.9 Å². The number of aliphatic hydroxyl groups is 1. The number of hydrogen-bond acceptors (Lipinski definition) is 4. The van der Waals surface area contributed by atoms with Crippen molar-refractivity contribution in [3.05, 3.63) is 0 Å². The highest BCUT2D eigenvalue weighted by atomic mass is 16.5. The molecule has 1 aliphatic heterocycles. The van der Waals surface area contributed by atoms with Crippen molar-refractivity contribution in [2.45, 2.75) is 12.5 Å². The van der Waals surface area contributed by atoms with Gasteiger partial charge in [-0.1, -0.05) is 0 Å². The van der Waals surface area contributed by atoms with E-state index in [1.54, 1.807) is 0 Å². The first-order valence-electron chi connectivity index (χ1n) is 4.09. The van der Waals surface area contributed by atoms with E-state index >= 15 is 0 Å². The molecule has 2 atom stereocenters. The number of likely N-dealkylation sites (tertiary alicyclic amines) is 1. The van der Waals surface area contributed by atoms with Gasteiger partial charge in [-0.3, -0.25) is 4.79 Å². The van der Waals surface area contributed by atoms with Crippen LogP contribution in [-0.2, 0) is 9.53 Å². The SMILES string of the molecule is COC(=O)[C@H]1CN(C)CC[C@H]1O. The number of piperidine rings is 1. The van der Waals surface area contributed by atoms with E-state index in [2.05, 4.69) is 4.74 Å². The summed E-state index contributed by atoms with van der Waals surface area (Å²) in [5.41, 5.74) is 0.